The van der Waals surface area contributed by atoms with Crippen LogP contribution < -0.4 is 10.2 Å². The fourth-order valence-electron chi connectivity index (χ4n) is 2.33. The Hall–Kier alpha value is -0.880. The Bertz CT molecular complexity index is 414. The van der Waals surface area contributed by atoms with Crippen LogP contribution in [0.15, 0.2) is 10.7 Å². The third-order valence-electron chi connectivity index (χ3n) is 3.14. The van der Waals surface area contributed by atoms with Crippen LogP contribution in [0, 0.1) is 0 Å². The number of hydrogen-bond acceptors (Lipinski definition) is 5. The minimum Gasteiger partial charge on any atom is -0.377 e. The molecule has 0 spiro atoms. The molecule has 1 unspecified atom stereocenters. The first-order valence-electron chi connectivity index (χ1n) is 6.87. The van der Waals surface area contributed by atoms with E-state index in [4.69, 9.17) is 4.74 Å². The summed E-state index contributed by atoms with van der Waals surface area (Å²) in [5, 5.41) is 3.15. The molecule has 1 N–H and O–H groups in total. The first-order chi connectivity index (χ1) is 9.24. The van der Waals surface area contributed by atoms with Crippen LogP contribution in [-0.2, 0) is 4.74 Å². The molecule has 0 radical (unpaired) electrons. The number of ether oxygens (including phenoxy) is 1. The van der Waals surface area contributed by atoms with E-state index in [1.54, 1.807) is 0 Å². The van der Waals surface area contributed by atoms with E-state index >= 15 is 0 Å². The summed E-state index contributed by atoms with van der Waals surface area (Å²) < 4.78 is 6.67. The molecule has 19 heavy (non-hydrogen) atoms. The predicted molar refractivity (Wildman–Crippen MR) is 80.8 cm³/mol. The van der Waals surface area contributed by atoms with Crippen molar-refractivity contribution in [3.63, 3.8) is 0 Å². The highest BCUT2D eigenvalue weighted by Crippen LogP contribution is 2.27. The highest BCUT2D eigenvalue weighted by Gasteiger charge is 2.23. The molecule has 0 aliphatic carbocycles. The quantitative estimate of drug-likeness (QED) is 0.900. The van der Waals surface area contributed by atoms with Crippen molar-refractivity contribution in [3.8, 4) is 0 Å². The smallest absolute Gasteiger partial charge is 0.224 e. The van der Waals surface area contributed by atoms with E-state index < -0.39 is 0 Å². The zero-order chi connectivity index (χ0) is 13.7. The van der Waals surface area contributed by atoms with Gasteiger partial charge in [-0.25, -0.2) is 4.98 Å². The normalized spacial score (nSPS) is 19.5. The summed E-state index contributed by atoms with van der Waals surface area (Å²) in [6.07, 6.45) is 4.39. The second-order valence-corrected chi connectivity index (χ2v) is 5.42. The second-order valence-electron chi connectivity index (χ2n) is 4.56. The Morgan fingerprint density at radius 2 is 2.37 bits per heavy atom. The van der Waals surface area contributed by atoms with Gasteiger partial charge in [0.25, 0.3) is 0 Å². The van der Waals surface area contributed by atoms with E-state index in [0.717, 1.165) is 49.4 Å². The van der Waals surface area contributed by atoms with Gasteiger partial charge in [0.05, 0.1) is 10.6 Å². The molecule has 1 aliphatic heterocycles. The van der Waals surface area contributed by atoms with Gasteiger partial charge < -0.3 is 15.0 Å². The van der Waals surface area contributed by atoms with Gasteiger partial charge in [0, 0.05) is 32.4 Å². The van der Waals surface area contributed by atoms with Gasteiger partial charge in [-0.1, -0.05) is 0 Å². The SMILES string of the molecule is CCNc1ncc(Br)c(N2CCCC(OCC)C2)n1. The third kappa shape index (κ3) is 3.79. The van der Waals surface area contributed by atoms with Crippen LogP contribution in [0.5, 0.6) is 0 Å². The second kappa shape index (κ2) is 7.05. The number of nitrogens with one attached hydrogen (secondary N) is 1. The Balaban J connectivity index is 2.13. The van der Waals surface area contributed by atoms with Gasteiger partial charge >= 0.3 is 0 Å². The zero-order valence-electron chi connectivity index (χ0n) is 11.5. The summed E-state index contributed by atoms with van der Waals surface area (Å²) in [6.45, 7) is 7.59. The van der Waals surface area contributed by atoms with Crippen LogP contribution >= 0.6 is 15.9 Å². The van der Waals surface area contributed by atoms with E-state index in [1.807, 2.05) is 20.0 Å². The first-order valence-corrected chi connectivity index (χ1v) is 7.66. The van der Waals surface area contributed by atoms with E-state index in [2.05, 4.69) is 36.1 Å². The first kappa shape index (κ1) is 14.5. The topological polar surface area (TPSA) is 50.3 Å². The van der Waals surface area contributed by atoms with E-state index in [0.29, 0.717) is 12.1 Å². The van der Waals surface area contributed by atoms with Crippen molar-refractivity contribution in [2.45, 2.75) is 32.8 Å². The Morgan fingerprint density at radius 1 is 1.53 bits per heavy atom. The molecule has 1 atom stereocenters. The highest BCUT2D eigenvalue weighted by atomic mass is 79.9. The van der Waals surface area contributed by atoms with Crippen LogP contribution in [0.1, 0.15) is 26.7 Å². The van der Waals surface area contributed by atoms with Crippen LogP contribution in [0.25, 0.3) is 0 Å². The molecule has 1 aromatic rings. The molecule has 0 saturated carbocycles. The summed E-state index contributed by atoms with van der Waals surface area (Å²) in [5.74, 6) is 1.63. The summed E-state index contributed by atoms with van der Waals surface area (Å²) in [7, 11) is 0. The van der Waals surface area contributed by atoms with Crippen LogP contribution in [0.2, 0.25) is 0 Å². The van der Waals surface area contributed by atoms with E-state index in [1.165, 1.54) is 0 Å². The monoisotopic (exact) mass is 328 g/mol. The minimum atomic E-state index is 0.309. The summed E-state index contributed by atoms with van der Waals surface area (Å²) in [5.41, 5.74) is 0. The van der Waals surface area contributed by atoms with Crippen molar-refractivity contribution in [1.82, 2.24) is 9.97 Å². The number of hydrogen-bond donors (Lipinski definition) is 1. The molecule has 6 heteroatoms. The maximum absolute atomic E-state index is 5.74. The summed E-state index contributed by atoms with van der Waals surface area (Å²) in [4.78, 5) is 11.1. The number of anilines is 2. The van der Waals surface area contributed by atoms with Crippen molar-refractivity contribution in [2.75, 3.05) is 36.5 Å². The van der Waals surface area contributed by atoms with Crippen LogP contribution in [0.3, 0.4) is 0 Å². The molecule has 0 amide bonds. The number of aromatic nitrogens is 2. The van der Waals surface area contributed by atoms with Gasteiger partial charge in [0.15, 0.2) is 0 Å². The molecule has 5 nitrogen and oxygen atoms in total. The standard InChI is InChI=1S/C13H21BrN4O/c1-3-15-13-16-8-11(14)12(17-13)18-7-5-6-10(9-18)19-4-2/h8,10H,3-7,9H2,1-2H3,(H,15,16,17). The van der Waals surface area contributed by atoms with Crippen LogP contribution in [0.4, 0.5) is 11.8 Å². The number of rotatable bonds is 5. The fraction of sp³-hybridized carbons (Fsp3) is 0.692. The summed E-state index contributed by atoms with van der Waals surface area (Å²) >= 11 is 3.54. The van der Waals surface area contributed by atoms with Gasteiger partial charge in [-0.3, -0.25) is 0 Å². The van der Waals surface area contributed by atoms with Gasteiger partial charge in [0.1, 0.15) is 5.82 Å². The van der Waals surface area contributed by atoms with Gasteiger partial charge in [0.2, 0.25) is 5.95 Å². The molecule has 0 bridgehead atoms. The third-order valence-corrected chi connectivity index (χ3v) is 3.70. The van der Waals surface area contributed by atoms with Crippen molar-refractivity contribution < 1.29 is 4.74 Å². The zero-order valence-corrected chi connectivity index (χ0v) is 13.1. The maximum atomic E-state index is 5.74. The molecule has 2 rings (SSSR count). The average molecular weight is 329 g/mol. The molecule has 0 aromatic carbocycles. The van der Waals surface area contributed by atoms with Crippen molar-refractivity contribution in [3.05, 3.63) is 10.7 Å². The molecular weight excluding hydrogens is 308 g/mol. The number of nitrogens with zero attached hydrogens (tertiary/aromatic N) is 3. The Morgan fingerprint density at radius 3 is 3.11 bits per heavy atom. The molecular formula is C13H21BrN4O. The molecule has 2 heterocycles. The van der Waals surface area contributed by atoms with Crippen molar-refractivity contribution in [1.29, 1.82) is 0 Å². The Kier molecular flexibility index (Phi) is 5.39. The maximum Gasteiger partial charge on any atom is 0.224 e. The lowest BCUT2D eigenvalue weighted by Gasteiger charge is -2.33. The number of piperidine rings is 1. The number of halogens is 1. The van der Waals surface area contributed by atoms with Crippen molar-refractivity contribution in [2.24, 2.45) is 0 Å². The van der Waals surface area contributed by atoms with Gasteiger partial charge in [-0.15, -0.1) is 0 Å². The lowest BCUT2D eigenvalue weighted by Crippen LogP contribution is -2.40. The average Bonchev–Trinajstić information content (AvgIpc) is 2.42. The minimum absolute atomic E-state index is 0.309. The molecule has 1 aliphatic rings. The predicted octanol–water partition coefficient (Wildman–Crippen LogP) is 2.68. The van der Waals surface area contributed by atoms with Gasteiger partial charge in [-0.2, -0.15) is 4.98 Å². The van der Waals surface area contributed by atoms with E-state index in [-0.39, 0.29) is 0 Å². The lowest BCUT2D eigenvalue weighted by atomic mass is 10.1. The molecule has 106 valence electrons. The largest absolute Gasteiger partial charge is 0.377 e. The Labute approximate surface area is 122 Å². The van der Waals surface area contributed by atoms with Crippen molar-refractivity contribution >= 4 is 27.7 Å². The van der Waals surface area contributed by atoms with Gasteiger partial charge in [-0.05, 0) is 42.6 Å². The summed E-state index contributed by atoms with van der Waals surface area (Å²) in [6, 6.07) is 0. The molecule has 1 aromatic heterocycles. The van der Waals surface area contributed by atoms with Crippen LogP contribution in [-0.4, -0.2) is 42.3 Å². The molecule has 1 saturated heterocycles. The lowest BCUT2D eigenvalue weighted by molar-refractivity contribution is 0.0525. The molecule has 1 fully saturated rings. The van der Waals surface area contributed by atoms with E-state index in [9.17, 15) is 0 Å². The fourth-order valence-corrected chi connectivity index (χ4v) is 2.77. The highest BCUT2D eigenvalue weighted by molar-refractivity contribution is 9.10.